The molecule has 4 rings (SSSR count). The lowest BCUT2D eigenvalue weighted by Gasteiger charge is -2.13. The van der Waals surface area contributed by atoms with Gasteiger partial charge < -0.3 is 4.98 Å². The minimum absolute atomic E-state index is 0.190. The summed E-state index contributed by atoms with van der Waals surface area (Å²) in [5.41, 5.74) is 3.09. The number of aromatic amines is 1. The molecular formula is C17H17N5. The number of aromatic nitrogens is 4. The van der Waals surface area contributed by atoms with E-state index in [-0.39, 0.29) is 6.04 Å². The molecule has 0 spiro atoms. The minimum atomic E-state index is 0.190. The third-order valence-corrected chi connectivity index (χ3v) is 4.38. The largest absolute Gasteiger partial charge is 0.346 e. The zero-order valence-electron chi connectivity index (χ0n) is 12.2. The maximum atomic E-state index is 9.07. The summed E-state index contributed by atoms with van der Waals surface area (Å²) in [4.78, 5) is 7.45. The van der Waals surface area contributed by atoms with Crippen molar-refractivity contribution in [3.63, 3.8) is 0 Å². The molecule has 110 valence electrons. The number of H-pyrrole nitrogens is 1. The highest BCUT2D eigenvalue weighted by Gasteiger charge is 2.26. The van der Waals surface area contributed by atoms with Crippen molar-refractivity contribution in [2.75, 3.05) is 0 Å². The highest BCUT2D eigenvalue weighted by molar-refractivity contribution is 5.92. The first-order valence-electron chi connectivity index (χ1n) is 7.68. The topological polar surface area (TPSA) is 70.3 Å². The molecular weight excluding hydrogens is 274 g/mol. The van der Waals surface area contributed by atoms with Crippen molar-refractivity contribution in [3.8, 4) is 17.2 Å². The van der Waals surface area contributed by atoms with Gasteiger partial charge in [-0.1, -0.05) is 12.8 Å². The fraction of sp³-hybridized carbons (Fsp3) is 0.353. The fourth-order valence-corrected chi connectivity index (χ4v) is 3.02. The standard InChI is InChI=1S/C17H17N5/c18-6-3-14(9-12-1-2-12)22-11-13(10-21-22)15-4-7-19-17-16(15)5-8-20-17/h4-5,7-8,10-12,14H,1-3,9H2,(H,19,20). The van der Waals surface area contributed by atoms with Crippen molar-refractivity contribution in [1.82, 2.24) is 19.7 Å². The van der Waals surface area contributed by atoms with Gasteiger partial charge in [0.1, 0.15) is 5.65 Å². The molecule has 1 saturated carbocycles. The van der Waals surface area contributed by atoms with Crippen LogP contribution in [0.25, 0.3) is 22.2 Å². The van der Waals surface area contributed by atoms with Crippen LogP contribution in [0.5, 0.6) is 0 Å². The first-order valence-corrected chi connectivity index (χ1v) is 7.68. The molecule has 0 bridgehead atoms. The first-order chi connectivity index (χ1) is 10.8. The summed E-state index contributed by atoms with van der Waals surface area (Å²) >= 11 is 0. The third-order valence-electron chi connectivity index (χ3n) is 4.38. The van der Waals surface area contributed by atoms with Crippen LogP contribution < -0.4 is 0 Å². The quantitative estimate of drug-likeness (QED) is 0.779. The molecule has 5 heteroatoms. The van der Waals surface area contributed by atoms with Crippen LogP contribution >= 0.6 is 0 Å². The molecule has 1 atom stereocenters. The summed E-state index contributed by atoms with van der Waals surface area (Å²) < 4.78 is 1.97. The number of pyridine rings is 1. The average molecular weight is 291 g/mol. The van der Waals surface area contributed by atoms with E-state index in [0.717, 1.165) is 34.5 Å². The highest BCUT2D eigenvalue weighted by Crippen LogP contribution is 2.38. The summed E-state index contributed by atoms with van der Waals surface area (Å²) in [5.74, 6) is 0.781. The molecule has 0 saturated heterocycles. The summed E-state index contributed by atoms with van der Waals surface area (Å²) in [7, 11) is 0. The van der Waals surface area contributed by atoms with Crippen molar-refractivity contribution in [1.29, 1.82) is 5.26 Å². The lowest BCUT2D eigenvalue weighted by molar-refractivity contribution is 0.411. The van der Waals surface area contributed by atoms with Gasteiger partial charge in [0.2, 0.25) is 0 Å². The molecule has 1 aliphatic carbocycles. The number of fused-ring (bicyclic) bond motifs is 1. The van der Waals surface area contributed by atoms with E-state index in [0.29, 0.717) is 6.42 Å². The Morgan fingerprint density at radius 1 is 1.41 bits per heavy atom. The van der Waals surface area contributed by atoms with E-state index in [1.54, 1.807) is 0 Å². The van der Waals surface area contributed by atoms with Gasteiger partial charge in [-0.2, -0.15) is 10.4 Å². The molecule has 1 fully saturated rings. The van der Waals surface area contributed by atoms with Crippen LogP contribution in [-0.2, 0) is 0 Å². The normalized spacial score (nSPS) is 15.8. The molecule has 1 aliphatic rings. The predicted octanol–water partition coefficient (Wildman–Crippen LogP) is 3.68. The molecule has 5 nitrogen and oxygen atoms in total. The van der Waals surface area contributed by atoms with E-state index in [1.807, 2.05) is 35.4 Å². The number of nitrogens with zero attached hydrogens (tertiary/aromatic N) is 4. The zero-order valence-corrected chi connectivity index (χ0v) is 12.2. The van der Waals surface area contributed by atoms with Gasteiger partial charge in [0.25, 0.3) is 0 Å². The maximum Gasteiger partial charge on any atom is 0.137 e. The van der Waals surface area contributed by atoms with E-state index in [2.05, 4.69) is 27.3 Å². The van der Waals surface area contributed by atoms with Crippen LogP contribution in [0.15, 0.2) is 36.9 Å². The lowest BCUT2D eigenvalue weighted by atomic mass is 10.1. The Kier molecular flexibility index (Phi) is 3.15. The van der Waals surface area contributed by atoms with Gasteiger partial charge in [-0.05, 0) is 30.0 Å². The van der Waals surface area contributed by atoms with Crippen molar-refractivity contribution in [3.05, 3.63) is 36.9 Å². The molecule has 3 heterocycles. The summed E-state index contributed by atoms with van der Waals surface area (Å²) in [6, 6.07) is 6.53. The second-order valence-electron chi connectivity index (χ2n) is 6.00. The fourth-order valence-electron chi connectivity index (χ4n) is 3.02. The Bertz CT molecular complexity index is 834. The molecule has 0 amide bonds. The molecule has 1 unspecified atom stereocenters. The monoisotopic (exact) mass is 291 g/mol. The number of rotatable bonds is 5. The Labute approximate surface area is 128 Å². The van der Waals surface area contributed by atoms with Crippen molar-refractivity contribution in [2.45, 2.75) is 31.7 Å². The Balaban J connectivity index is 1.68. The summed E-state index contributed by atoms with van der Waals surface area (Å²) in [6.45, 7) is 0. The third kappa shape index (κ3) is 2.37. The van der Waals surface area contributed by atoms with Gasteiger partial charge in [0.15, 0.2) is 0 Å². The van der Waals surface area contributed by atoms with Crippen LogP contribution in [0.4, 0.5) is 0 Å². The Morgan fingerprint density at radius 3 is 3.14 bits per heavy atom. The van der Waals surface area contributed by atoms with Gasteiger partial charge in [0, 0.05) is 29.5 Å². The van der Waals surface area contributed by atoms with Crippen LogP contribution in [0.3, 0.4) is 0 Å². The summed E-state index contributed by atoms with van der Waals surface area (Å²) in [5, 5.41) is 14.7. The zero-order chi connectivity index (χ0) is 14.9. The van der Waals surface area contributed by atoms with Crippen LogP contribution in [0.1, 0.15) is 31.7 Å². The van der Waals surface area contributed by atoms with E-state index < -0.39 is 0 Å². The van der Waals surface area contributed by atoms with Gasteiger partial charge in [0.05, 0.1) is 24.7 Å². The van der Waals surface area contributed by atoms with Crippen LogP contribution in [0, 0.1) is 17.2 Å². The number of nitriles is 1. The molecule has 3 aromatic heterocycles. The summed E-state index contributed by atoms with van der Waals surface area (Å²) in [6.07, 6.45) is 11.8. The molecule has 1 N–H and O–H groups in total. The lowest BCUT2D eigenvalue weighted by Crippen LogP contribution is -2.09. The predicted molar refractivity (Wildman–Crippen MR) is 83.9 cm³/mol. The smallest absolute Gasteiger partial charge is 0.137 e. The van der Waals surface area contributed by atoms with Gasteiger partial charge in [-0.15, -0.1) is 0 Å². The van der Waals surface area contributed by atoms with Crippen molar-refractivity contribution < 1.29 is 0 Å². The van der Waals surface area contributed by atoms with E-state index in [9.17, 15) is 0 Å². The van der Waals surface area contributed by atoms with Crippen molar-refractivity contribution >= 4 is 11.0 Å². The van der Waals surface area contributed by atoms with E-state index in [1.165, 1.54) is 12.8 Å². The van der Waals surface area contributed by atoms with Gasteiger partial charge in [-0.25, -0.2) is 4.98 Å². The molecule has 0 aromatic carbocycles. The second-order valence-corrected chi connectivity index (χ2v) is 6.00. The maximum absolute atomic E-state index is 9.07. The van der Waals surface area contributed by atoms with Crippen LogP contribution in [0.2, 0.25) is 0 Å². The SMILES string of the molecule is N#CCC(CC1CC1)n1cc(-c2ccnc3[nH]ccc23)cn1. The Morgan fingerprint density at radius 2 is 2.32 bits per heavy atom. The molecule has 3 aromatic rings. The van der Waals surface area contributed by atoms with Gasteiger partial charge >= 0.3 is 0 Å². The van der Waals surface area contributed by atoms with Gasteiger partial charge in [-0.3, -0.25) is 4.68 Å². The van der Waals surface area contributed by atoms with E-state index in [4.69, 9.17) is 5.26 Å². The molecule has 22 heavy (non-hydrogen) atoms. The first kappa shape index (κ1) is 13.1. The van der Waals surface area contributed by atoms with Crippen molar-refractivity contribution in [2.24, 2.45) is 5.92 Å². The molecule has 0 radical (unpaired) electrons. The minimum Gasteiger partial charge on any atom is -0.346 e. The molecule has 0 aliphatic heterocycles. The number of hydrogen-bond acceptors (Lipinski definition) is 3. The van der Waals surface area contributed by atoms with Crippen LogP contribution in [-0.4, -0.2) is 19.7 Å². The Hall–Kier alpha value is -2.61. The second kappa shape index (κ2) is 5.30. The van der Waals surface area contributed by atoms with E-state index >= 15 is 0 Å². The number of hydrogen-bond donors (Lipinski definition) is 1. The number of nitrogens with one attached hydrogen (secondary N) is 1. The highest BCUT2D eigenvalue weighted by atomic mass is 15.3. The average Bonchev–Trinajstić information content (AvgIpc) is 3.05.